The van der Waals surface area contributed by atoms with Crippen LogP contribution >= 0.6 is 0 Å². The van der Waals surface area contributed by atoms with Gasteiger partial charge in [0.05, 0.1) is 13.2 Å². The molecule has 0 bridgehead atoms. The van der Waals surface area contributed by atoms with Crippen LogP contribution in [0.1, 0.15) is 45.4 Å². The van der Waals surface area contributed by atoms with Gasteiger partial charge in [0.25, 0.3) is 0 Å². The molecule has 0 aromatic heterocycles. The summed E-state index contributed by atoms with van der Waals surface area (Å²) in [5.41, 5.74) is 0. The van der Waals surface area contributed by atoms with Gasteiger partial charge in [0.15, 0.2) is 6.29 Å². The first kappa shape index (κ1) is 11.7. The summed E-state index contributed by atoms with van der Waals surface area (Å²) in [6.07, 6.45) is 11.9. The zero-order valence-electron chi connectivity index (χ0n) is 9.21. The molecule has 2 heteroatoms. The quantitative estimate of drug-likeness (QED) is 0.461. The smallest absolute Gasteiger partial charge is 0.157 e. The molecule has 1 fully saturated rings. The van der Waals surface area contributed by atoms with Crippen LogP contribution in [0.2, 0.25) is 0 Å². The number of ether oxygens (including phenoxy) is 2. The van der Waals surface area contributed by atoms with Crippen molar-refractivity contribution < 1.29 is 9.47 Å². The Kier molecular flexibility index (Phi) is 6.71. The van der Waals surface area contributed by atoms with Gasteiger partial charge >= 0.3 is 0 Å². The van der Waals surface area contributed by atoms with Crippen LogP contribution in [0.5, 0.6) is 0 Å². The van der Waals surface area contributed by atoms with Crippen LogP contribution < -0.4 is 0 Å². The Bertz CT molecular complexity index is 148. The molecule has 0 N–H and O–H groups in total. The highest BCUT2D eigenvalue weighted by molar-refractivity contribution is 4.79. The summed E-state index contributed by atoms with van der Waals surface area (Å²) in [4.78, 5) is 0. The van der Waals surface area contributed by atoms with Crippen LogP contribution in [0, 0.1) is 0 Å². The van der Waals surface area contributed by atoms with Crippen molar-refractivity contribution in [3.8, 4) is 0 Å². The highest BCUT2D eigenvalue weighted by Crippen LogP contribution is 2.13. The lowest BCUT2D eigenvalue weighted by atomic mass is 10.1. The molecular weight excluding hydrogens is 176 g/mol. The minimum atomic E-state index is 0.0983. The average molecular weight is 198 g/mol. The SMILES string of the molecule is CC/C=C/CCCCCC1OCCO1. The molecule has 0 aliphatic carbocycles. The lowest BCUT2D eigenvalue weighted by molar-refractivity contribution is -0.0479. The highest BCUT2D eigenvalue weighted by atomic mass is 16.7. The summed E-state index contributed by atoms with van der Waals surface area (Å²) >= 11 is 0. The molecule has 14 heavy (non-hydrogen) atoms. The normalized spacial score (nSPS) is 18.4. The van der Waals surface area contributed by atoms with Crippen LogP contribution in [0.25, 0.3) is 0 Å². The van der Waals surface area contributed by atoms with E-state index >= 15 is 0 Å². The zero-order valence-corrected chi connectivity index (χ0v) is 9.21. The zero-order chi connectivity index (χ0) is 10.1. The van der Waals surface area contributed by atoms with Gasteiger partial charge in [0.1, 0.15) is 0 Å². The van der Waals surface area contributed by atoms with Crippen molar-refractivity contribution in [2.45, 2.75) is 51.7 Å². The van der Waals surface area contributed by atoms with E-state index in [4.69, 9.17) is 9.47 Å². The molecule has 82 valence electrons. The first-order chi connectivity index (χ1) is 6.93. The fraction of sp³-hybridized carbons (Fsp3) is 0.833. The standard InChI is InChI=1S/C12H22O2/c1-2-3-4-5-6-7-8-9-12-13-10-11-14-12/h3-4,12H,2,5-11H2,1H3/b4-3+. The van der Waals surface area contributed by atoms with Crippen molar-refractivity contribution in [2.24, 2.45) is 0 Å². The Balaban J connectivity index is 1.81. The lowest BCUT2D eigenvalue weighted by Gasteiger charge is -2.07. The highest BCUT2D eigenvalue weighted by Gasteiger charge is 2.14. The molecule has 1 saturated heterocycles. The topological polar surface area (TPSA) is 18.5 Å². The molecule has 0 aromatic rings. The van der Waals surface area contributed by atoms with E-state index in [1.807, 2.05) is 0 Å². The molecule has 0 atom stereocenters. The van der Waals surface area contributed by atoms with Crippen LogP contribution in [0.3, 0.4) is 0 Å². The summed E-state index contributed by atoms with van der Waals surface area (Å²) in [6.45, 7) is 3.74. The molecule has 0 spiro atoms. The van der Waals surface area contributed by atoms with Gasteiger partial charge in [-0.3, -0.25) is 0 Å². The summed E-state index contributed by atoms with van der Waals surface area (Å²) in [5.74, 6) is 0. The van der Waals surface area contributed by atoms with Crippen LogP contribution in [-0.2, 0) is 9.47 Å². The summed E-state index contributed by atoms with van der Waals surface area (Å²) in [6, 6.07) is 0. The number of rotatable bonds is 7. The van der Waals surface area contributed by atoms with E-state index in [2.05, 4.69) is 19.1 Å². The molecular formula is C12H22O2. The number of allylic oxidation sites excluding steroid dienone is 2. The summed E-state index contributed by atoms with van der Waals surface area (Å²) in [5, 5.41) is 0. The maximum absolute atomic E-state index is 5.36. The summed E-state index contributed by atoms with van der Waals surface area (Å²) in [7, 11) is 0. The van der Waals surface area contributed by atoms with E-state index in [0.29, 0.717) is 0 Å². The Morgan fingerprint density at radius 2 is 1.86 bits per heavy atom. The van der Waals surface area contributed by atoms with E-state index in [1.165, 1.54) is 25.7 Å². The molecule has 1 aliphatic heterocycles. The Morgan fingerprint density at radius 3 is 2.57 bits per heavy atom. The lowest BCUT2D eigenvalue weighted by Crippen LogP contribution is -2.06. The number of unbranched alkanes of at least 4 members (excludes halogenated alkanes) is 3. The molecule has 1 aliphatic rings. The second-order valence-electron chi connectivity index (χ2n) is 3.69. The Morgan fingerprint density at radius 1 is 1.07 bits per heavy atom. The van der Waals surface area contributed by atoms with E-state index in [-0.39, 0.29) is 6.29 Å². The van der Waals surface area contributed by atoms with Crippen molar-refractivity contribution in [2.75, 3.05) is 13.2 Å². The molecule has 2 nitrogen and oxygen atoms in total. The van der Waals surface area contributed by atoms with E-state index in [9.17, 15) is 0 Å². The maximum atomic E-state index is 5.36. The molecule has 0 aromatic carbocycles. The van der Waals surface area contributed by atoms with E-state index in [0.717, 1.165) is 26.1 Å². The second-order valence-corrected chi connectivity index (χ2v) is 3.69. The molecule has 0 saturated carbocycles. The van der Waals surface area contributed by atoms with Crippen LogP contribution in [0.4, 0.5) is 0 Å². The average Bonchev–Trinajstić information content (AvgIpc) is 2.69. The third-order valence-corrected chi connectivity index (χ3v) is 2.40. The molecule has 0 unspecified atom stereocenters. The van der Waals surface area contributed by atoms with Gasteiger partial charge in [-0.2, -0.15) is 0 Å². The maximum Gasteiger partial charge on any atom is 0.157 e. The van der Waals surface area contributed by atoms with Gasteiger partial charge in [-0.15, -0.1) is 0 Å². The van der Waals surface area contributed by atoms with Crippen molar-refractivity contribution in [3.63, 3.8) is 0 Å². The monoisotopic (exact) mass is 198 g/mol. The second kappa shape index (κ2) is 8.01. The molecule has 0 amide bonds. The van der Waals surface area contributed by atoms with Gasteiger partial charge in [0.2, 0.25) is 0 Å². The third-order valence-electron chi connectivity index (χ3n) is 2.40. The predicted octanol–water partition coefficient (Wildman–Crippen LogP) is 3.28. The number of hydrogen-bond donors (Lipinski definition) is 0. The van der Waals surface area contributed by atoms with Crippen LogP contribution in [-0.4, -0.2) is 19.5 Å². The molecule has 1 heterocycles. The molecule has 0 radical (unpaired) electrons. The van der Waals surface area contributed by atoms with Crippen molar-refractivity contribution in [3.05, 3.63) is 12.2 Å². The van der Waals surface area contributed by atoms with Gasteiger partial charge in [-0.05, 0) is 32.1 Å². The van der Waals surface area contributed by atoms with E-state index < -0.39 is 0 Å². The van der Waals surface area contributed by atoms with Gasteiger partial charge in [-0.1, -0.05) is 25.5 Å². The number of hydrogen-bond acceptors (Lipinski definition) is 2. The fourth-order valence-corrected chi connectivity index (χ4v) is 1.61. The Labute approximate surface area is 87.3 Å². The minimum absolute atomic E-state index is 0.0983. The van der Waals surface area contributed by atoms with Gasteiger partial charge < -0.3 is 9.47 Å². The van der Waals surface area contributed by atoms with Crippen molar-refractivity contribution in [1.29, 1.82) is 0 Å². The largest absolute Gasteiger partial charge is 0.350 e. The van der Waals surface area contributed by atoms with Gasteiger partial charge in [0, 0.05) is 0 Å². The Hall–Kier alpha value is -0.340. The first-order valence-corrected chi connectivity index (χ1v) is 5.81. The fourth-order valence-electron chi connectivity index (χ4n) is 1.61. The van der Waals surface area contributed by atoms with Crippen molar-refractivity contribution >= 4 is 0 Å². The summed E-state index contributed by atoms with van der Waals surface area (Å²) < 4.78 is 10.7. The van der Waals surface area contributed by atoms with Crippen LogP contribution in [0.15, 0.2) is 12.2 Å². The first-order valence-electron chi connectivity index (χ1n) is 5.81. The van der Waals surface area contributed by atoms with Crippen molar-refractivity contribution in [1.82, 2.24) is 0 Å². The van der Waals surface area contributed by atoms with E-state index in [1.54, 1.807) is 0 Å². The minimum Gasteiger partial charge on any atom is -0.350 e. The van der Waals surface area contributed by atoms with Gasteiger partial charge in [-0.25, -0.2) is 0 Å². The molecule has 1 rings (SSSR count). The third kappa shape index (κ3) is 5.40. The predicted molar refractivity (Wildman–Crippen MR) is 58.2 cm³/mol.